The highest BCUT2D eigenvalue weighted by atomic mass is 35.5. The number of hydrogen-bond donors (Lipinski definition) is 1. The Bertz CT molecular complexity index is 558. The zero-order chi connectivity index (χ0) is 15.3. The number of alkyl halides is 3. The van der Waals surface area contributed by atoms with E-state index in [2.05, 4.69) is 5.32 Å². The maximum Gasteiger partial charge on any atom is 0.417 e. The average Bonchev–Trinajstić information content (AvgIpc) is 3.07. The molecule has 1 aromatic carbocycles. The van der Waals surface area contributed by atoms with Gasteiger partial charge in [0.05, 0.1) is 17.2 Å². The van der Waals surface area contributed by atoms with Gasteiger partial charge in [0, 0.05) is 24.5 Å². The molecule has 1 heterocycles. The van der Waals surface area contributed by atoms with Gasteiger partial charge in [-0.05, 0) is 37.1 Å². The molecular formula is C15H17ClF3NO. The van der Waals surface area contributed by atoms with E-state index < -0.39 is 11.7 Å². The van der Waals surface area contributed by atoms with Crippen molar-refractivity contribution < 1.29 is 17.9 Å². The molecule has 1 saturated carbocycles. The van der Waals surface area contributed by atoms with Crippen LogP contribution in [0.3, 0.4) is 0 Å². The third-order valence-electron chi connectivity index (χ3n) is 4.97. The van der Waals surface area contributed by atoms with Crippen molar-refractivity contribution in [1.82, 2.24) is 5.32 Å². The highest BCUT2D eigenvalue weighted by Gasteiger charge is 2.68. The molecule has 1 saturated heterocycles. The second-order valence-corrected chi connectivity index (χ2v) is 6.50. The lowest BCUT2D eigenvalue weighted by atomic mass is 9.81. The Labute approximate surface area is 126 Å². The molecule has 2 nitrogen and oxygen atoms in total. The van der Waals surface area contributed by atoms with Crippen molar-refractivity contribution in [3.05, 3.63) is 34.3 Å². The summed E-state index contributed by atoms with van der Waals surface area (Å²) in [5, 5.41) is 3.14. The lowest BCUT2D eigenvalue weighted by molar-refractivity contribution is -0.137. The van der Waals surface area contributed by atoms with Crippen molar-refractivity contribution in [2.45, 2.75) is 24.4 Å². The summed E-state index contributed by atoms with van der Waals surface area (Å²) in [4.78, 5) is 0. The Morgan fingerprint density at radius 2 is 2.14 bits per heavy atom. The van der Waals surface area contributed by atoms with Crippen LogP contribution in [0.25, 0.3) is 0 Å². The maximum absolute atomic E-state index is 12.8. The van der Waals surface area contributed by atoms with Crippen LogP contribution in [0.15, 0.2) is 18.2 Å². The van der Waals surface area contributed by atoms with Crippen LogP contribution in [-0.2, 0) is 16.3 Å². The number of hydrogen-bond acceptors (Lipinski definition) is 2. The molecule has 2 atom stereocenters. The third kappa shape index (κ3) is 2.26. The average molecular weight is 320 g/mol. The van der Waals surface area contributed by atoms with Crippen LogP contribution >= 0.6 is 11.6 Å². The van der Waals surface area contributed by atoms with Crippen molar-refractivity contribution in [2.75, 3.05) is 26.8 Å². The van der Waals surface area contributed by atoms with E-state index in [4.69, 9.17) is 16.3 Å². The quantitative estimate of drug-likeness (QED) is 0.918. The predicted molar refractivity (Wildman–Crippen MR) is 74.5 cm³/mol. The number of piperidine rings is 1. The molecule has 0 amide bonds. The van der Waals surface area contributed by atoms with E-state index in [9.17, 15) is 13.2 Å². The van der Waals surface area contributed by atoms with E-state index in [0.717, 1.165) is 37.6 Å². The van der Waals surface area contributed by atoms with Crippen LogP contribution in [0.1, 0.15) is 24.0 Å². The first-order valence-electron chi connectivity index (χ1n) is 6.92. The number of nitrogens with one attached hydrogen (secondary N) is 1. The molecule has 3 rings (SSSR count). The number of rotatable bonds is 3. The van der Waals surface area contributed by atoms with E-state index in [-0.39, 0.29) is 15.9 Å². The Morgan fingerprint density at radius 3 is 2.76 bits per heavy atom. The van der Waals surface area contributed by atoms with Gasteiger partial charge in [0.2, 0.25) is 0 Å². The molecule has 116 valence electrons. The van der Waals surface area contributed by atoms with Gasteiger partial charge in [-0.1, -0.05) is 17.7 Å². The Balaban J connectivity index is 1.96. The third-order valence-corrected chi connectivity index (χ3v) is 5.28. The van der Waals surface area contributed by atoms with Gasteiger partial charge >= 0.3 is 6.18 Å². The molecule has 1 aliphatic carbocycles. The minimum absolute atomic E-state index is 0.0108. The molecular weight excluding hydrogens is 303 g/mol. The minimum atomic E-state index is -4.41. The summed E-state index contributed by atoms with van der Waals surface area (Å²) in [5.41, 5.74) is 0.0285. The molecule has 2 aliphatic rings. The summed E-state index contributed by atoms with van der Waals surface area (Å²) in [6.45, 7) is 2.31. The normalized spacial score (nSPS) is 31.9. The summed E-state index contributed by atoms with van der Waals surface area (Å²) in [5.74, 6) is 0. The predicted octanol–water partition coefficient (Wildman–Crippen LogP) is 3.63. The Hall–Kier alpha value is -0.780. The molecule has 21 heavy (non-hydrogen) atoms. The van der Waals surface area contributed by atoms with Crippen LogP contribution in [-0.4, -0.2) is 26.8 Å². The number of benzene rings is 1. The molecule has 0 spiro atoms. The fourth-order valence-electron chi connectivity index (χ4n) is 3.86. The summed E-state index contributed by atoms with van der Waals surface area (Å²) >= 11 is 5.87. The maximum atomic E-state index is 12.8. The van der Waals surface area contributed by atoms with Gasteiger partial charge in [-0.25, -0.2) is 0 Å². The molecule has 1 aliphatic heterocycles. The molecule has 1 unspecified atom stereocenters. The zero-order valence-corrected chi connectivity index (χ0v) is 12.4. The van der Waals surface area contributed by atoms with Gasteiger partial charge in [-0.15, -0.1) is 0 Å². The molecule has 0 radical (unpaired) electrons. The number of methoxy groups -OCH3 is 1. The summed E-state index contributed by atoms with van der Waals surface area (Å²) in [7, 11) is 1.66. The Kier molecular flexibility index (Phi) is 3.50. The van der Waals surface area contributed by atoms with Crippen LogP contribution < -0.4 is 5.32 Å². The Morgan fingerprint density at radius 1 is 1.38 bits per heavy atom. The number of fused-ring (bicyclic) bond motifs is 1. The van der Waals surface area contributed by atoms with Crippen molar-refractivity contribution in [2.24, 2.45) is 5.41 Å². The van der Waals surface area contributed by atoms with Crippen molar-refractivity contribution in [3.8, 4) is 0 Å². The first-order chi connectivity index (χ1) is 9.85. The monoisotopic (exact) mass is 319 g/mol. The minimum Gasteiger partial charge on any atom is -0.384 e. The fraction of sp³-hybridized carbons (Fsp3) is 0.600. The van der Waals surface area contributed by atoms with Gasteiger partial charge < -0.3 is 10.1 Å². The first-order valence-corrected chi connectivity index (χ1v) is 7.29. The summed E-state index contributed by atoms with van der Waals surface area (Å²) < 4.78 is 43.8. The molecule has 0 bridgehead atoms. The van der Waals surface area contributed by atoms with Crippen molar-refractivity contribution in [3.63, 3.8) is 0 Å². The fourth-order valence-corrected chi connectivity index (χ4v) is 4.15. The van der Waals surface area contributed by atoms with Crippen molar-refractivity contribution in [1.29, 1.82) is 0 Å². The highest BCUT2D eigenvalue weighted by molar-refractivity contribution is 6.31. The standard InChI is InChI=1S/C15H17ClF3NO/c1-21-9-13-7-14(13,4-5-20-8-13)10-2-3-11(12(16)6-10)15(17,18)19/h2-3,6,20H,4-5,7-9H2,1H3/t13?,14-/m1/s1. The van der Waals surface area contributed by atoms with Gasteiger partial charge in [0.15, 0.2) is 0 Å². The molecule has 6 heteroatoms. The largest absolute Gasteiger partial charge is 0.417 e. The van der Waals surface area contributed by atoms with E-state index >= 15 is 0 Å². The molecule has 1 N–H and O–H groups in total. The molecule has 0 aromatic heterocycles. The van der Waals surface area contributed by atoms with E-state index in [0.29, 0.717) is 6.61 Å². The van der Waals surface area contributed by atoms with Gasteiger partial charge in [0.1, 0.15) is 0 Å². The molecule has 2 fully saturated rings. The van der Waals surface area contributed by atoms with E-state index in [1.807, 2.05) is 0 Å². The second kappa shape index (κ2) is 4.86. The van der Waals surface area contributed by atoms with Crippen LogP contribution in [0, 0.1) is 5.41 Å². The van der Waals surface area contributed by atoms with Crippen LogP contribution in [0.5, 0.6) is 0 Å². The van der Waals surface area contributed by atoms with Gasteiger partial charge in [0.25, 0.3) is 0 Å². The zero-order valence-electron chi connectivity index (χ0n) is 11.7. The lowest BCUT2D eigenvalue weighted by Gasteiger charge is -2.31. The second-order valence-electron chi connectivity index (χ2n) is 6.09. The smallest absolute Gasteiger partial charge is 0.384 e. The van der Waals surface area contributed by atoms with Crippen LogP contribution in [0.4, 0.5) is 13.2 Å². The van der Waals surface area contributed by atoms with Crippen molar-refractivity contribution >= 4 is 11.6 Å². The summed E-state index contributed by atoms with van der Waals surface area (Å²) in [6.07, 6.45) is -2.57. The van der Waals surface area contributed by atoms with E-state index in [1.165, 1.54) is 6.07 Å². The number of halogens is 4. The van der Waals surface area contributed by atoms with Gasteiger partial charge in [-0.3, -0.25) is 0 Å². The molecule has 1 aromatic rings. The van der Waals surface area contributed by atoms with E-state index in [1.54, 1.807) is 13.2 Å². The SMILES string of the molecule is COCC12CNCC[C@]1(c1ccc(C(F)(F)F)c(Cl)c1)C2. The number of ether oxygens (including phenoxy) is 1. The lowest BCUT2D eigenvalue weighted by Crippen LogP contribution is -2.40. The first kappa shape index (κ1) is 15.1. The summed E-state index contributed by atoms with van der Waals surface area (Å²) in [6, 6.07) is 4.18. The topological polar surface area (TPSA) is 21.3 Å². The van der Waals surface area contributed by atoms with Gasteiger partial charge in [-0.2, -0.15) is 13.2 Å². The highest BCUT2D eigenvalue weighted by Crippen LogP contribution is 2.68. The van der Waals surface area contributed by atoms with Crippen LogP contribution in [0.2, 0.25) is 5.02 Å².